The second-order valence-electron chi connectivity index (χ2n) is 4.52. The number of hydrogen-bond donors (Lipinski definition) is 1. The molecule has 1 unspecified atom stereocenters. The number of aryl methyl sites for hydroxylation is 1. The third-order valence-corrected chi connectivity index (χ3v) is 3.82. The van der Waals surface area contributed by atoms with E-state index in [0.717, 1.165) is 22.1 Å². The summed E-state index contributed by atoms with van der Waals surface area (Å²) in [5.74, 6) is 0. The Balaban J connectivity index is 1.88. The number of hydrogen-bond acceptors (Lipinski definition) is 5. The monoisotopic (exact) mass is 285 g/mol. The van der Waals surface area contributed by atoms with Crippen LogP contribution in [-0.2, 0) is 0 Å². The Morgan fingerprint density at radius 1 is 1.30 bits per heavy atom. The average Bonchev–Trinajstić information content (AvgIpc) is 3.10. The summed E-state index contributed by atoms with van der Waals surface area (Å²) in [6.07, 6.45) is 3.50. The van der Waals surface area contributed by atoms with E-state index in [1.165, 1.54) is 0 Å². The molecule has 3 rings (SSSR count). The molecule has 0 amide bonds. The first-order chi connectivity index (χ1) is 9.74. The molecule has 0 bridgehead atoms. The first-order valence-electron chi connectivity index (χ1n) is 6.38. The number of aromatic nitrogens is 4. The summed E-state index contributed by atoms with van der Waals surface area (Å²) in [6.45, 7) is 4.12. The number of nitrogens with zero attached hydrogens (tertiary/aromatic N) is 4. The van der Waals surface area contributed by atoms with Crippen molar-refractivity contribution >= 4 is 17.0 Å². The van der Waals surface area contributed by atoms with E-state index < -0.39 is 0 Å². The van der Waals surface area contributed by atoms with E-state index >= 15 is 0 Å². The van der Waals surface area contributed by atoms with Gasteiger partial charge in [-0.2, -0.15) is 0 Å². The summed E-state index contributed by atoms with van der Waals surface area (Å²) in [5, 5.41) is 14.6. The quantitative estimate of drug-likeness (QED) is 0.799. The number of benzene rings is 1. The summed E-state index contributed by atoms with van der Waals surface area (Å²) in [6, 6.07) is 8.18. The highest BCUT2D eigenvalue weighted by Crippen LogP contribution is 2.25. The largest absolute Gasteiger partial charge is 0.375 e. The molecule has 0 spiro atoms. The highest BCUT2D eigenvalue weighted by molar-refractivity contribution is 7.09. The number of nitrogens with one attached hydrogen (secondary N) is 1. The lowest BCUT2D eigenvalue weighted by molar-refractivity contribution is 0.794. The van der Waals surface area contributed by atoms with Crippen LogP contribution in [0.25, 0.3) is 5.69 Å². The van der Waals surface area contributed by atoms with Crippen LogP contribution in [0.1, 0.15) is 23.7 Å². The lowest BCUT2D eigenvalue weighted by Crippen LogP contribution is -2.10. The molecule has 102 valence electrons. The van der Waals surface area contributed by atoms with Gasteiger partial charge in [-0.15, -0.1) is 16.4 Å². The molecular weight excluding hydrogens is 270 g/mol. The van der Waals surface area contributed by atoms with Crippen LogP contribution in [0.15, 0.2) is 42.0 Å². The normalized spacial score (nSPS) is 12.3. The predicted molar refractivity (Wildman–Crippen MR) is 80.2 cm³/mol. The Hall–Kier alpha value is -2.21. The Bertz CT molecular complexity index is 689. The highest BCUT2D eigenvalue weighted by atomic mass is 32.1. The molecule has 1 N–H and O–H groups in total. The molecular formula is C14H15N5S. The lowest BCUT2D eigenvalue weighted by Gasteiger charge is -2.16. The maximum absolute atomic E-state index is 4.52. The van der Waals surface area contributed by atoms with Crippen LogP contribution >= 0.6 is 11.3 Å². The van der Waals surface area contributed by atoms with Gasteiger partial charge in [0.15, 0.2) is 0 Å². The van der Waals surface area contributed by atoms with E-state index in [4.69, 9.17) is 0 Å². The lowest BCUT2D eigenvalue weighted by atomic mass is 10.2. The fourth-order valence-corrected chi connectivity index (χ4v) is 2.72. The van der Waals surface area contributed by atoms with E-state index in [2.05, 4.69) is 32.9 Å². The van der Waals surface area contributed by atoms with Gasteiger partial charge in [0.05, 0.1) is 40.5 Å². The minimum atomic E-state index is 0.143. The van der Waals surface area contributed by atoms with Gasteiger partial charge >= 0.3 is 0 Å². The Labute approximate surface area is 121 Å². The van der Waals surface area contributed by atoms with Crippen molar-refractivity contribution in [1.82, 2.24) is 20.0 Å². The van der Waals surface area contributed by atoms with Gasteiger partial charge < -0.3 is 5.32 Å². The van der Waals surface area contributed by atoms with E-state index in [9.17, 15) is 0 Å². The van der Waals surface area contributed by atoms with Crippen molar-refractivity contribution in [2.24, 2.45) is 0 Å². The fourth-order valence-electron chi connectivity index (χ4n) is 2.02. The molecule has 5 nitrogen and oxygen atoms in total. The molecule has 6 heteroatoms. The fraction of sp³-hybridized carbons (Fsp3) is 0.214. The zero-order valence-electron chi connectivity index (χ0n) is 11.3. The third-order valence-electron chi connectivity index (χ3n) is 3.03. The van der Waals surface area contributed by atoms with Crippen molar-refractivity contribution in [3.05, 3.63) is 52.7 Å². The minimum absolute atomic E-state index is 0.143. The van der Waals surface area contributed by atoms with Gasteiger partial charge in [-0.25, -0.2) is 9.67 Å². The van der Waals surface area contributed by atoms with Crippen molar-refractivity contribution in [3.8, 4) is 5.69 Å². The van der Waals surface area contributed by atoms with Crippen LogP contribution in [0.4, 0.5) is 5.69 Å². The molecule has 1 aromatic carbocycles. The van der Waals surface area contributed by atoms with Gasteiger partial charge in [0, 0.05) is 5.38 Å². The second-order valence-corrected chi connectivity index (χ2v) is 5.58. The van der Waals surface area contributed by atoms with Gasteiger partial charge in [-0.05, 0) is 26.0 Å². The minimum Gasteiger partial charge on any atom is -0.375 e. The first-order valence-corrected chi connectivity index (χ1v) is 7.26. The molecule has 0 aliphatic rings. The number of rotatable bonds is 4. The SMILES string of the molecule is Cc1nc(C(C)Nc2ccccc2-n2ccnn2)cs1. The number of thiazole rings is 1. The highest BCUT2D eigenvalue weighted by Gasteiger charge is 2.11. The molecule has 1 atom stereocenters. The molecule has 0 aliphatic heterocycles. The zero-order chi connectivity index (χ0) is 13.9. The molecule has 0 radical (unpaired) electrons. The van der Waals surface area contributed by atoms with Crippen LogP contribution in [0, 0.1) is 6.92 Å². The van der Waals surface area contributed by atoms with Gasteiger partial charge in [-0.1, -0.05) is 17.3 Å². The van der Waals surface area contributed by atoms with Crippen molar-refractivity contribution in [3.63, 3.8) is 0 Å². The van der Waals surface area contributed by atoms with Crippen molar-refractivity contribution in [1.29, 1.82) is 0 Å². The Kier molecular flexibility index (Phi) is 3.47. The van der Waals surface area contributed by atoms with Gasteiger partial charge in [0.1, 0.15) is 0 Å². The van der Waals surface area contributed by atoms with Crippen molar-refractivity contribution in [2.45, 2.75) is 19.9 Å². The molecule has 0 saturated heterocycles. The predicted octanol–water partition coefficient (Wildman–Crippen LogP) is 3.21. The second kappa shape index (κ2) is 5.42. The van der Waals surface area contributed by atoms with E-state index in [1.807, 2.05) is 37.4 Å². The van der Waals surface area contributed by atoms with E-state index in [-0.39, 0.29) is 6.04 Å². The van der Waals surface area contributed by atoms with Crippen LogP contribution in [-0.4, -0.2) is 20.0 Å². The summed E-state index contributed by atoms with van der Waals surface area (Å²) in [4.78, 5) is 4.52. The van der Waals surface area contributed by atoms with Crippen LogP contribution in [0.5, 0.6) is 0 Å². The standard InChI is InChI=1S/C14H15N5S/c1-10(13-9-20-11(2)17-13)16-12-5-3-4-6-14(12)19-8-7-15-18-19/h3-10,16H,1-2H3. The van der Waals surface area contributed by atoms with Crippen LogP contribution < -0.4 is 5.32 Å². The number of anilines is 1. The summed E-state index contributed by atoms with van der Waals surface area (Å²) in [5.41, 5.74) is 3.04. The maximum Gasteiger partial charge on any atom is 0.0898 e. The van der Waals surface area contributed by atoms with E-state index in [0.29, 0.717) is 0 Å². The maximum atomic E-state index is 4.52. The first kappa shape index (κ1) is 12.8. The molecule has 0 aliphatic carbocycles. The summed E-state index contributed by atoms with van der Waals surface area (Å²) < 4.78 is 1.75. The molecule has 0 saturated carbocycles. The third kappa shape index (κ3) is 2.55. The van der Waals surface area contributed by atoms with Gasteiger partial charge in [0.25, 0.3) is 0 Å². The molecule has 0 fully saturated rings. The van der Waals surface area contributed by atoms with Gasteiger partial charge in [0.2, 0.25) is 0 Å². The number of para-hydroxylation sites is 2. The Morgan fingerprint density at radius 3 is 2.85 bits per heavy atom. The smallest absolute Gasteiger partial charge is 0.0898 e. The topological polar surface area (TPSA) is 55.6 Å². The summed E-state index contributed by atoms with van der Waals surface area (Å²) in [7, 11) is 0. The van der Waals surface area contributed by atoms with Gasteiger partial charge in [-0.3, -0.25) is 0 Å². The van der Waals surface area contributed by atoms with Crippen LogP contribution in [0.2, 0.25) is 0 Å². The van der Waals surface area contributed by atoms with Crippen LogP contribution in [0.3, 0.4) is 0 Å². The molecule has 2 heterocycles. The average molecular weight is 285 g/mol. The Morgan fingerprint density at radius 2 is 2.15 bits per heavy atom. The van der Waals surface area contributed by atoms with Crippen molar-refractivity contribution < 1.29 is 0 Å². The van der Waals surface area contributed by atoms with E-state index in [1.54, 1.807) is 22.2 Å². The molecule has 20 heavy (non-hydrogen) atoms. The summed E-state index contributed by atoms with van der Waals surface area (Å²) >= 11 is 1.67. The zero-order valence-corrected chi connectivity index (χ0v) is 12.1. The molecule has 2 aromatic heterocycles. The molecule has 3 aromatic rings. The van der Waals surface area contributed by atoms with Crippen molar-refractivity contribution in [2.75, 3.05) is 5.32 Å².